The minimum absolute atomic E-state index is 0.0372. The molecule has 0 fully saturated rings. The lowest BCUT2D eigenvalue weighted by atomic mass is 10.0. The molecule has 0 radical (unpaired) electrons. The van der Waals surface area contributed by atoms with E-state index in [1.165, 1.54) is 0 Å². The van der Waals surface area contributed by atoms with Gasteiger partial charge in [0.15, 0.2) is 0 Å². The average Bonchev–Trinajstić information content (AvgIpc) is 3.08. The number of para-hydroxylation sites is 1. The van der Waals surface area contributed by atoms with Gasteiger partial charge in [-0.2, -0.15) is 10.4 Å². The first-order chi connectivity index (χ1) is 11.6. The molecule has 0 spiro atoms. The lowest BCUT2D eigenvalue weighted by Crippen LogP contribution is -2.07. The molecule has 2 heterocycles. The van der Waals surface area contributed by atoms with E-state index in [2.05, 4.69) is 21.3 Å². The number of rotatable bonds is 4. The molecule has 0 aliphatic rings. The van der Waals surface area contributed by atoms with Crippen molar-refractivity contribution in [2.45, 2.75) is 20.0 Å². The van der Waals surface area contributed by atoms with Gasteiger partial charge in [0, 0.05) is 22.9 Å². The summed E-state index contributed by atoms with van der Waals surface area (Å²) in [7, 11) is 0. The van der Waals surface area contributed by atoms with Crippen LogP contribution in [0, 0.1) is 11.3 Å². The minimum Gasteiger partial charge on any atom is -0.490 e. The molecule has 0 aliphatic heterocycles. The fourth-order valence-electron chi connectivity index (χ4n) is 2.48. The Labute approximate surface area is 139 Å². The number of H-pyrrole nitrogens is 1. The predicted molar refractivity (Wildman–Crippen MR) is 92.1 cm³/mol. The van der Waals surface area contributed by atoms with E-state index in [0.717, 1.165) is 16.9 Å². The summed E-state index contributed by atoms with van der Waals surface area (Å²) in [6.45, 7) is 3.93. The lowest BCUT2D eigenvalue weighted by molar-refractivity contribution is 0.243. The monoisotopic (exact) mass is 319 g/mol. The van der Waals surface area contributed by atoms with E-state index in [0.29, 0.717) is 16.8 Å². The van der Waals surface area contributed by atoms with Crippen LogP contribution in [-0.4, -0.2) is 21.3 Å². The largest absolute Gasteiger partial charge is 0.490 e. The Morgan fingerprint density at radius 3 is 2.71 bits per heavy atom. The van der Waals surface area contributed by atoms with E-state index in [9.17, 15) is 5.26 Å². The molecule has 120 valence electrons. The van der Waals surface area contributed by atoms with Crippen molar-refractivity contribution in [3.63, 3.8) is 0 Å². The van der Waals surface area contributed by atoms with Crippen LogP contribution >= 0.6 is 0 Å². The number of pyridine rings is 1. The van der Waals surface area contributed by atoms with Gasteiger partial charge < -0.3 is 10.5 Å². The molecule has 0 amide bonds. The van der Waals surface area contributed by atoms with E-state index in [-0.39, 0.29) is 11.9 Å². The van der Waals surface area contributed by atoms with Gasteiger partial charge in [-0.15, -0.1) is 0 Å². The summed E-state index contributed by atoms with van der Waals surface area (Å²) in [5.41, 5.74) is 9.31. The maximum absolute atomic E-state index is 9.41. The molecule has 3 N–H and O–H groups in total. The van der Waals surface area contributed by atoms with Crippen molar-refractivity contribution in [3.05, 3.63) is 48.3 Å². The molecule has 0 saturated heterocycles. The third kappa shape index (κ3) is 2.92. The van der Waals surface area contributed by atoms with Crippen molar-refractivity contribution < 1.29 is 4.74 Å². The summed E-state index contributed by atoms with van der Waals surface area (Å²) in [4.78, 5) is 4.40. The van der Waals surface area contributed by atoms with E-state index in [1.54, 1.807) is 12.4 Å². The number of hydrogen-bond donors (Lipinski definition) is 2. The highest BCUT2D eigenvalue weighted by Crippen LogP contribution is 2.34. The molecule has 0 bridgehead atoms. The van der Waals surface area contributed by atoms with Crippen LogP contribution in [0.3, 0.4) is 0 Å². The number of aromatic amines is 1. The molecule has 24 heavy (non-hydrogen) atoms. The first-order valence-electron chi connectivity index (χ1n) is 7.56. The number of aromatic nitrogens is 3. The van der Waals surface area contributed by atoms with Crippen LogP contribution in [0.2, 0.25) is 0 Å². The van der Waals surface area contributed by atoms with E-state index in [1.807, 2.05) is 44.2 Å². The summed E-state index contributed by atoms with van der Waals surface area (Å²) in [5.74, 6) is 0.910. The second-order valence-electron chi connectivity index (χ2n) is 5.58. The van der Waals surface area contributed by atoms with Crippen LogP contribution in [0.25, 0.3) is 22.4 Å². The molecular weight excluding hydrogens is 302 g/mol. The summed E-state index contributed by atoms with van der Waals surface area (Å²) >= 11 is 0. The van der Waals surface area contributed by atoms with E-state index >= 15 is 0 Å². The van der Waals surface area contributed by atoms with Crippen LogP contribution in [-0.2, 0) is 0 Å². The van der Waals surface area contributed by atoms with Crippen molar-refractivity contribution in [2.24, 2.45) is 0 Å². The Morgan fingerprint density at radius 1 is 1.25 bits per heavy atom. The zero-order valence-electron chi connectivity index (χ0n) is 13.4. The van der Waals surface area contributed by atoms with Gasteiger partial charge in [0.25, 0.3) is 0 Å². The number of nitrogens with two attached hydrogens (primary N) is 1. The molecule has 6 heteroatoms. The lowest BCUT2D eigenvalue weighted by Gasteiger charge is -2.15. The summed E-state index contributed by atoms with van der Waals surface area (Å²) in [5, 5.41) is 16.1. The maximum atomic E-state index is 9.41. The molecule has 3 rings (SSSR count). The number of hydrogen-bond acceptors (Lipinski definition) is 5. The Bertz CT molecular complexity index is 894. The van der Waals surface area contributed by atoms with Crippen molar-refractivity contribution in [3.8, 4) is 34.2 Å². The summed E-state index contributed by atoms with van der Waals surface area (Å²) in [6, 6.07) is 11.6. The number of nitriles is 1. The first-order valence-corrected chi connectivity index (χ1v) is 7.56. The number of nitrogens with zero attached hydrogens (tertiary/aromatic N) is 3. The maximum Gasteiger partial charge on any atom is 0.142 e. The smallest absolute Gasteiger partial charge is 0.142 e. The van der Waals surface area contributed by atoms with Crippen molar-refractivity contribution in [1.29, 1.82) is 5.26 Å². The predicted octanol–water partition coefficient (Wildman–Crippen LogP) is 3.38. The fourth-order valence-corrected chi connectivity index (χ4v) is 2.48. The molecule has 0 atom stereocenters. The third-order valence-corrected chi connectivity index (χ3v) is 3.49. The number of nitrogens with one attached hydrogen (secondary N) is 1. The highest BCUT2D eigenvalue weighted by Gasteiger charge is 2.16. The molecular formula is C18H17N5O. The zero-order chi connectivity index (χ0) is 17.1. The number of benzene rings is 1. The Balaban J connectivity index is 2.19. The molecule has 0 unspecified atom stereocenters. The summed E-state index contributed by atoms with van der Waals surface area (Å²) < 4.78 is 5.86. The topological polar surface area (TPSA) is 101 Å². The number of nitrogen functional groups attached to an aromatic ring is 1. The van der Waals surface area contributed by atoms with Gasteiger partial charge in [-0.05, 0) is 32.0 Å². The van der Waals surface area contributed by atoms with E-state index in [4.69, 9.17) is 10.5 Å². The molecule has 0 saturated carbocycles. The van der Waals surface area contributed by atoms with Crippen molar-refractivity contribution in [2.75, 3.05) is 5.73 Å². The Hall–Kier alpha value is -3.33. The summed E-state index contributed by atoms with van der Waals surface area (Å²) in [6.07, 6.45) is 3.40. The number of ether oxygens (including phenoxy) is 1. The quantitative estimate of drug-likeness (QED) is 0.767. The van der Waals surface area contributed by atoms with Gasteiger partial charge in [-0.25, -0.2) is 4.98 Å². The van der Waals surface area contributed by atoms with Crippen molar-refractivity contribution >= 4 is 5.82 Å². The van der Waals surface area contributed by atoms with Crippen LogP contribution in [0.1, 0.15) is 19.4 Å². The second kappa shape index (κ2) is 6.42. The average molecular weight is 319 g/mol. The Kier molecular flexibility index (Phi) is 4.17. The highest BCUT2D eigenvalue weighted by molar-refractivity contribution is 5.81. The van der Waals surface area contributed by atoms with Gasteiger partial charge >= 0.3 is 0 Å². The Morgan fingerprint density at radius 2 is 2.04 bits per heavy atom. The van der Waals surface area contributed by atoms with Gasteiger partial charge in [-0.1, -0.05) is 12.1 Å². The van der Waals surface area contributed by atoms with Crippen LogP contribution < -0.4 is 10.5 Å². The van der Waals surface area contributed by atoms with Crippen LogP contribution in [0.4, 0.5) is 5.82 Å². The molecule has 3 aromatic rings. The number of anilines is 1. The van der Waals surface area contributed by atoms with Gasteiger partial charge in [0.2, 0.25) is 0 Å². The minimum atomic E-state index is 0.0372. The SMILES string of the molecule is CC(C)Oc1ccccc1-c1cc(-c2cn[nH]c2)c(C#N)c(N)n1. The van der Waals surface area contributed by atoms with Gasteiger partial charge in [-0.3, -0.25) is 5.10 Å². The van der Waals surface area contributed by atoms with Gasteiger partial charge in [0.05, 0.1) is 18.0 Å². The first kappa shape index (κ1) is 15.6. The molecule has 6 nitrogen and oxygen atoms in total. The molecule has 0 aliphatic carbocycles. The highest BCUT2D eigenvalue weighted by atomic mass is 16.5. The third-order valence-electron chi connectivity index (χ3n) is 3.49. The second-order valence-corrected chi connectivity index (χ2v) is 5.58. The molecule has 1 aromatic carbocycles. The normalized spacial score (nSPS) is 10.6. The van der Waals surface area contributed by atoms with Crippen LogP contribution in [0.15, 0.2) is 42.7 Å². The zero-order valence-corrected chi connectivity index (χ0v) is 13.4. The van der Waals surface area contributed by atoms with Crippen LogP contribution in [0.5, 0.6) is 5.75 Å². The standard InChI is InChI=1S/C18H17N5O/c1-11(2)24-17-6-4-3-5-13(17)16-7-14(12-9-21-22-10-12)15(8-19)18(20)23-16/h3-7,9-11H,1-2H3,(H2,20,23)(H,21,22). The van der Waals surface area contributed by atoms with E-state index < -0.39 is 0 Å². The molecule has 2 aromatic heterocycles. The van der Waals surface area contributed by atoms with Crippen molar-refractivity contribution in [1.82, 2.24) is 15.2 Å². The van der Waals surface area contributed by atoms with Gasteiger partial charge in [0.1, 0.15) is 23.2 Å². The fraction of sp³-hybridized carbons (Fsp3) is 0.167.